The average molecular weight is 1680 g/mol. The molecule has 7 fully saturated rings. The molecular weight excluding hydrogens is 1570 g/mol. The van der Waals surface area contributed by atoms with Crippen LogP contribution < -0.4 is 10.6 Å². The number of ether oxygens (including phenoxy) is 13. The van der Waals surface area contributed by atoms with Crippen LogP contribution in [-0.2, 0) is 82.3 Å². The minimum atomic E-state index is -1.91. The number of aliphatic hydroxyl groups excluding tert-OH is 26. The van der Waals surface area contributed by atoms with E-state index in [2.05, 4.69) is 28.5 Å². The zero-order valence-electron chi connectivity index (χ0n) is 61.2. The summed E-state index contributed by atoms with van der Waals surface area (Å²) in [7, 11) is 6.84. The van der Waals surface area contributed by atoms with Crippen molar-refractivity contribution in [1.82, 2.24) is 10.6 Å². The zero-order valence-corrected chi connectivity index (χ0v) is 64.2. The van der Waals surface area contributed by atoms with E-state index < -0.39 is 297 Å². The molecule has 648 valence electrons. The first-order valence-corrected chi connectivity index (χ1v) is 39.0. The third kappa shape index (κ3) is 27.4. The summed E-state index contributed by atoms with van der Waals surface area (Å²) in [4.78, 5) is 38.9. The third-order valence-corrected chi connectivity index (χ3v) is 19.6. The summed E-state index contributed by atoms with van der Waals surface area (Å²) in [6, 6.07) is 5.92. The van der Waals surface area contributed by atoms with E-state index in [-0.39, 0.29) is 19.8 Å². The topological polar surface area (TPSA) is 730 Å². The van der Waals surface area contributed by atoms with Crippen molar-refractivity contribution in [3.05, 3.63) is 35.9 Å². The molecule has 7 saturated heterocycles. The number of hydrogen-bond donors (Lipinski definition) is 28. The Balaban J connectivity index is 0.000000337. The van der Waals surface area contributed by atoms with Crippen molar-refractivity contribution in [1.29, 1.82) is 0 Å². The van der Waals surface area contributed by atoms with E-state index in [4.69, 9.17) is 91.6 Å². The van der Waals surface area contributed by atoms with Crippen LogP contribution >= 0.6 is 25.4 Å². The van der Waals surface area contributed by atoms with Crippen LogP contribution in [-0.4, -0.2) is 444 Å². The Morgan fingerprint density at radius 2 is 0.757 bits per heavy atom. The van der Waals surface area contributed by atoms with Crippen molar-refractivity contribution < 1.29 is 213 Å². The summed E-state index contributed by atoms with van der Waals surface area (Å²) in [6.07, 6.45) is -49.9. The van der Waals surface area contributed by atoms with Gasteiger partial charge in [0.25, 0.3) is 0 Å². The first-order chi connectivity index (χ1) is 52.2. The Hall–Kier alpha value is -2.80. The average Bonchev–Trinajstić information content (AvgIpc) is 0.784. The number of esters is 1. The summed E-state index contributed by atoms with van der Waals surface area (Å²) in [5.74, 6) is -2.11. The fraction of sp³-hybridized carbons (Fsp3) is 0.857. The molecule has 7 heterocycles. The summed E-state index contributed by atoms with van der Waals surface area (Å²) >= 11 is 0. The van der Waals surface area contributed by atoms with E-state index in [1.54, 1.807) is 58.0 Å². The van der Waals surface area contributed by atoms with Crippen molar-refractivity contribution in [2.24, 2.45) is 5.92 Å². The number of carbonyl (C=O) groups excluding carboxylic acids is 3. The third-order valence-electron chi connectivity index (χ3n) is 18.5. The molecule has 0 spiro atoms. The van der Waals surface area contributed by atoms with Crippen LogP contribution in [0, 0.1) is 5.92 Å². The molecule has 2 amide bonds. The van der Waals surface area contributed by atoms with Crippen LogP contribution in [0.4, 0.5) is 4.79 Å². The molecule has 7 aliphatic heterocycles. The predicted octanol–water partition coefficient (Wildman–Crippen LogP) is -13.4. The Morgan fingerprint density at radius 3 is 1.11 bits per heavy atom. The van der Waals surface area contributed by atoms with Gasteiger partial charge in [-0.3, -0.25) is 4.79 Å². The Labute approximate surface area is 641 Å². The molecule has 0 aliphatic carbocycles. The molecule has 48 heteroatoms. The number of nitrogens with one attached hydrogen (secondary N) is 2. The molecule has 17 unspecified atom stereocenters. The lowest BCUT2D eigenvalue weighted by atomic mass is 9.96. The number of aliphatic hydroxyl groups is 26. The Morgan fingerprint density at radius 1 is 0.432 bits per heavy atom. The first kappa shape index (κ1) is 101. The second kappa shape index (κ2) is 48.3. The number of rotatable bonds is 24. The summed E-state index contributed by atoms with van der Waals surface area (Å²) in [5, 5.41) is 254. The lowest BCUT2D eigenvalue weighted by Crippen LogP contribution is -2.65. The normalized spacial score (nSPS) is 41.5. The van der Waals surface area contributed by atoms with Crippen LogP contribution in [0.25, 0.3) is 0 Å². The van der Waals surface area contributed by atoms with Crippen molar-refractivity contribution in [3.63, 3.8) is 0 Å². The second-order valence-electron chi connectivity index (χ2n) is 26.7. The quantitative estimate of drug-likeness (QED) is 0.0338. The number of carbonyl (C=O) groups is 3. The van der Waals surface area contributed by atoms with Gasteiger partial charge in [-0.15, -0.1) is 16.5 Å². The van der Waals surface area contributed by atoms with Gasteiger partial charge in [-0.25, -0.2) is 9.59 Å². The van der Waals surface area contributed by atoms with E-state index in [0.29, 0.717) is 5.56 Å². The lowest BCUT2D eigenvalue weighted by Gasteiger charge is -2.46. The number of alkyl carbamates (subject to hydrolysis) is 1. The van der Waals surface area contributed by atoms with Crippen molar-refractivity contribution in [2.45, 2.75) is 274 Å². The maximum absolute atomic E-state index is 13.6. The smallest absolute Gasteiger partial charge is 0.408 e. The minimum absolute atomic E-state index is 0.157. The molecule has 28 N–H and O–H groups in total. The predicted molar refractivity (Wildman–Crippen MR) is 371 cm³/mol. The highest BCUT2D eigenvalue weighted by atomic mass is 32.4. The molecule has 0 saturated carbocycles. The maximum Gasteiger partial charge on any atom is 0.408 e. The maximum atomic E-state index is 13.6. The van der Waals surface area contributed by atoms with Crippen LogP contribution in [0.2, 0.25) is 0 Å². The fourth-order valence-corrected chi connectivity index (χ4v) is 12.7. The number of benzene rings is 1. The van der Waals surface area contributed by atoms with Crippen LogP contribution in [0.5, 0.6) is 0 Å². The molecule has 0 aromatic heterocycles. The zero-order chi connectivity index (χ0) is 83.9. The highest BCUT2D eigenvalue weighted by Crippen LogP contribution is 2.55. The van der Waals surface area contributed by atoms with Gasteiger partial charge in [0.15, 0.2) is 31.5 Å². The first-order valence-electron chi connectivity index (χ1n) is 34.8. The monoisotopic (exact) mass is 1680 g/mol. The largest absolute Gasteiger partial charge is 0.492 e. The van der Waals surface area contributed by atoms with E-state index in [1.165, 1.54) is 14.0 Å². The van der Waals surface area contributed by atoms with E-state index in [1.807, 2.05) is 0 Å². The van der Waals surface area contributed by atoms with Crippen molar-refractivity contribution >= 4 is 43.4 Å². The van der Waals surface area contributed by atoms with E-state index >= 15 is 0 Å². The van der Waals surface area contributed by atoms with Gasteiger partial charge >= 0.3 is 12.1 Å². The molecule has 8 rings (SSSR count). The summed E-state index contributed by atoms with van der Waals surface area (Å²) < 4.78 is 73.7. The molecule has 7 aliphatic rings. The lowest BCUT2D eigenvalue weighted by molar-refractivity contribution is -0.371. The summed E-state index contributed by atoms with van der Waals surface area (Å²) in [6.45, 7) is 3.63. The number of amides is 2. The fourth-order valence-electron chi connectivity index (χ4n) is 11.7. The van der Waals surface area contributed by atoms with Crippen molar-refractivity contribution in [3.8, 4) is 0 Å². The van der Waals surface area contributed by atoms with Crippen LogP contribution in [0.1, 0.15) is 40.2 Å². The second-order valence-corrected chi connectivity index (χ2v) is 31.9. The molecule has 1 aromatic carbocycles. The van der Waals surface area contributed by atoms with E-state index in [9.17, 15) is 122 Å². The molecule has 0 radical (unpaired) electrons. The van der Waals surface area contributed by atoms with Gasteiger partial charge in [0, 0.05) is 7.11 Å². The van der Waals surface area contributed by atoms with Gasteiger partial charge in [0.1, 0.15) is 190 Å². The molecular formula is C63H112N2O43P3-. The van der Waals surface area contributed by atoms with Gasteiger partial charge in [-0.1, -0.05) is 44.2 Å². The molecule has 40 atom stereocenters. The van der Waals surface area contributed by atoms with Crippen LogP contribution in [0.3, 0.4) is 0 Å². The van der Waals surface area contributed by atoms with Crippen molar-refractivity contribution in [2.75, 3.05) is 60.5 Å². The SMILES string of the molecule is COC(=O)[C@@H](NC(=O)[C@@H](NC(=O)OCc1ccccc1)[C@@H](C)O[C@H]1OC(CO)[C@@H](O)[C@H](O)C1O[C@H]1OC(CO)[C@@H](O)[C@H](O)C1O)C(C)C.CO[C@@H]1OC(CO)[C@@H](O)[C@H](O)C1O[C@H]1OC(CO)[C@@H](O)[C@H](O)C1O.C[C@H]1OC(CO)[C@@H](O)[C@H](O)C1O.C[C@H]1OC(CO)[C@@H](O)[C@H](O)C1O.OCC1OC(OP([PH-])P)C(O)[C@@H](O)[C@@H]1O. The molecule has 111 heavy (non-hydrogen) atoms. The Bertz CT molecular complexity index is 2750. The highest BCUT2D eigenvalue weighted by molar-refractivity contribution is 8.41. The molecule has 45 nitrogen and oxygen atoms in total. The molecule has 0 bridgehead atoms. The van der Waals surface area contributed by atoms with Gasteiger partial charge < -0.3 is 218 Å². The van der Waals surface area contributed by atoms with Gasteiger partial charge in [0.2, 0.25) is 5.91 Å². The summed E-state index contributed by atoms with van der Waals surface area (Å²) in [5.41, 5.74) is 0.648. The standard InChI is InChI=1S/C30H46N2O16.C13H24O11.2C7H14O5.C6H14O6P3/c1-13(2)18(27(41)43-4)31-26(40)19(32-30(42)44-12-15-8-6-5-7-9-15)14(3)45-29-25(23(38)21(36)17(11-34)47-29)48-28-24(39)22(37)20(35)16(10-33)46-28;1-21-13-11(9(19)7(17)5(3-15)23-13)24-12-10(20)8(18)6(16)4(2-14)22-12;2*1-3-5(9)7(11)6(10)4(2-8)12-3;7-1-2-3(8)4(9)5(10)6(11-2)12-15(13)14/h5-9,13-14,16-25,28-29,33-39H,10-12H2,1-4H3,(H,31,40)(H,32,42);4-20H,2-3H2,1H3;2*3-11H,2H2,1H3;2-10,13H,1,14H2/q;;;;-1/t14-,16?,17?,18+,19+,20-,21-,22+,23+,24?,25?,28-,29+;4?,5?,6-,7-,8+,9+,10?,11?,12-,13-;2*3-,4?,5?,6-,7-;2?,3-,4+,5?,6?,15?/m11111/s1. The van der Waals surface area contributed by atoms with Gasteiger partial charge in [0.05, 0.1) is 71.7 Å². The minimum Gasteiger partial charge on any atom is -0.492 e. The van der Waals surface area contributed by atoms with E-state index in [0.717, 1.165) is 7.11 Å². The van der Waals surface area contributed by atoms with Gasteiger partial charge in [-0.2, -0.15) is 0 Å². The number of methoxy groups -OCH3 is 2. The van der Waals surface area contributed by atoms with Gasteiger partial charge in [-0.05, 0) is 32.3 Å². The number of hydrogen-bond acceptors (Lipinski definition) is 43. The molecule has 1 aromatic rings. The highest BCUT2D eigenvalue weighted by Gasteiger charge is 2.54. The Kier molecular flexibility index (Phi) is 43.8. The van der Waals surface area contributed by atoms with Crippen LogP contribution in [0.15, 0.2) is 30.3 Å².